The number of rotatable bonds is 4. The van der Waals surface area contributed by atoms with Gasteiger partial charge in [0.25, 0.3) is 5.56 Å². The van der Waals surface area contributed by atoms with E-state index in [1.54, 1.807) is 32.0 Å². The first-order valence-electron chi connectivity index (χ1n) is 9.07. The average molecular weight is 415 g/mol. The van der Waals surface area contributed by atoms with Crippen LogP contribution in [0.4, 0.5) is 0 Å². The maximum atomic E-state index is 12.7. The van der Waals surface area contributed by atoms with E-state index in [2.05, 4.69) is 5.10 Å². The van der Waals surface area contributed by atoms with E-state index in [0.29, 0.717) is 11.3 Å². The van der Waals surface area contributed by atoms with Gasteiger partial charge in [-0.15, -0.1) is 0 Å². The summed E-state index contributed by atoms with van der Waals surface area (Å²) in [5.41, 5.74) is 0.381. The lowest BCUT2D eigenvalue weighted by molar-refractivity contribution is -0.133. The summed E-state index contributed by atoms with van der Waals surface area (Å²) >= 11 is 0. The van der Waals surface area contributed by atoms with Crippen molar-refractivity contribution in [3.05, 3.63) is 57.5 Å². The minimum absolute atomic E-state index is 0.0240. The summed E-state index contributed by atoms with van der Waals surface area (Å²) in [4.78, 5) is 26.7. The van der Waals surface area contributed by atoms with Crippen molar-refractivity contribution in [2.24, 2.45) is 0 Å². The fraction of sp³-hybridized carbons (Fsp3) is 0.368. The van der Waals surface area contributed by atoms with Crippen LogP contribution in [0, 0.1) is 25.2 Å². The van der Waals surface area contributed by atoms with Crippen LogP contribution in [-0.4, -0.2) is 59.5 Å². The Morgan fingerprint density at radius 1 is 1.14 bits per heavy atom. The predicted octanol–water partition coefficient (Wildman–Crippen LogP) is 0.265. The molecule has 1 aliphatic rings. The van der Waals surface area contributed by atoms with E-state index in [0.717, 1.165) is 4.68 Å². The van der Waals surface area contributed by atoms with Crippen molar-refractivity contribution >= 4 is 15.9 Å². The largest absolute Gasteiger partial charge is 0.338 e. The molecule has 0 radical (unpaired) electrons. The van der Waals surface area contributed by atoms with Gasteiger partial charge in [0.05, 0.1) is 10.6 Å². The predicted molar refractivity (Wildman–Crippen MR) is 104 cm³/mol. The number of benzene rings is 1. The van der Waals surface area contributed by atoms with Crippen LogP contribution in [0.1, 0.15) is 16.8 Å². The Morgan fingerprint density at radius 3 is 2.34 bits per heavy atom. The Hall–Kier alpha value is -3.03. The van der Waals surface area contributed by atoms with Gasteiger partial charge in [-0.1, -0.05) is 18.2 Å². The van der Waals surface area contributed by atoms with Crippen LogP contribution in [0.25, 0.3) is 0 Å². The fourth-order valence-corrected chi connectivity index (χ4v) is 4.60. The first kappa shape index (κ1) is 20.7. The highest BCUT2D eigenvalue weighted by Crippen LogP contribution is 2.17. The van der Waals surface area contributed by atoms with Crippen LogP contribution < -0.4 is 5.56 Å². The number of aryl methyl sites for hydroxylation is 1. The van der Waals surface area contributed by atoms with E-state index in [4.69, 9.17) is 0 Å². The van der Waals surface area contributed by atoms with Crippen molar-refractivity contribution in [1.29, 1.82) is 5.26 Å². The average Bonchev–Trinajstić information content (AvgIpc) is 2.73. The molecule has 1 aromatic heterocycles. The minimum atomic E-state index is -3.60. The fourth-order valence-electron chi connectivity index (χ4n) is 3.16. The molecule has 1 aromatic carbocycles. The van der Waals surface area contributed by atoms with Gasteiger partial charge in [-0.2, -0.15) is 14.7 Å². The van der Waals surface area contributed by atoms with E-state index >= 15 is 0 Å². The number of nitrogens with zero attached hydrogens (tertiary/aromatic N) is 5. The molecule has 29 heavy (non-hydrogen) atoms. The number of carbonyl (C=O) groups is 1. The van der Waals surface area contributed by atoms with Gasteiger partial charge in [0, 0.05) is 26.2 Å². The molecule has 1 aliphatic heterocycles. The lowest BCUT2D eigenvalue weighted by atomic mass is 10.1. The van der Waals surface area contributed by atoms with Crippen LogP contribution in [0.5, 0.6) is 0 Å². The first-order valence-corrected chi connectivity index (χ1v) is 10.5. The highest BCUT2D eigenvalue weighted by molar-refractivity contribution is 7.89. The van der Waals surface area contributed by atoms with Crippen LogP contribution >= 0.6 is 0 Å². The summed E-state index contributed by atoms with van der Waals surface area (Å²) < 4.78 is 27.7. The Labute approximate surface area is 168 Å². The molecule has 1 amide bonds. The van der Waals surface area contributed by atoms with Crippen LogP contribution in [0.2, 0.25) is 0 Å². The molecule has 9 nitrogen and oxygen atoms in total. The normalized spacial score (nSPS) is 15.1. The van der Waals surface area contributed by atoms with E-state index in [-0.39, 0.29) is 49.1 Å². The number of sulfonamides is 1. The van der Waals surface area contributed by atoms with Gasteiger partial charge in [-0.3, -0.25) is 9.59 Å². The highest BCUT2D eigenvalue weighted by atomic mass is 32.2. The molecule has 10 heteroatoms. The van der Waals surface area contributed by atoms with Crippen molar-refractivity contribution in [3.8, 4) is 6.07 Å². The second kappa shape index (κ2) is 8.14. The Morgan fingerprint density at radius 2 is 1.76 bits per heavy atom. The number of hydrogen-bond acceptors (Lipinski definition) is 6. The zero-order valence-corrected chi connectivity index (χ0v) is 17.0. The summed E-state index contributed by atoms with van der Waals surface area (Å²) in [5.74, 6) is -0.344. The molecule has 3 rings (SSSR count). The van der Waals surface area contributed by atoms with Crippen LogP contribution in [0.15, 0.2) is 40.0 Å². The lowest BCUT2D eigenvalue weighted by Gasteiger charge is -2.34. The molecule has 0 spiro atoms. The monoisotopic (exact) mass is 415 g/mol. The smallest absolute Gasteiger partial charge is 0.285 e. The van der Waals surface area contributed by atoms with E-state index in [1.807, 2.05) is 6.07 Å². The van der Waals surface area contributed by atoms with Crippen molar-refractivity contribution in [2.75, 3.05) is 26.2 Å². The first-order chi connectivity index (χ1) is 13.8. The van der Waals surface area contributed by atoms with Gasteiger partial charge >= 0.3 is 0 Å². The number of nitriles is 1. The molecule has 0 unspecified atom stereocenters. The third kappa shape index (κ3) is 4.06. The maximum Gasteiger partial charge on any atom is 0.285 e. The molecule has 2 aromatic rings. The van der Waals surface area contributed by atoms with Gasteiger partial charge in [0.2, 0.25) is 15.9 Å². The molecule has 2 heterocycles. The summed E-state index contributed by atoms with van der Waals surface area (Å²) in [6, 6.07) is 10.0. The number of amides is 1. The van der Waals surface area contributed by atoms with Gasteiger partial charge in [-0.25, -0.2) is 13.1 Å². The highest BCUT2D eigenvalue weighted by Gasteiger charge is 2.30. The minimum Gasteiger partial charge on any atom is -0.338 e. The van der Waals surface area contributed by atoms with Gasteiger partial charge < -0.3 is 4.90 Å². The SMILES string of the molecule is Cc1nn(CC(=O)N2CCN(S(=O)(=O)c3ccccc3)CC2)c(=O)c(C#N)c1C. The molecule has 1 fully saturated rings. The number of aromatic nitrogens is 2. The van der Waals surface area contributed by atoms with Gasteiger partial charge in [0.15, 0.2) is 0 Å². The molecular formula is C19H21N5O4S. The number of carbonyl (C=O) groups excluding carboxylic acids is 1. The standard InChI is InChI=1S/C19H21N5O4S/c1-14-15(2)21-24(19(26)17(14)12-20)13-18(25)22-8-10-23(11-9-22)29(27,28)16-6-4-3-5-7-16/h3-7H,8-11,13H2,1-2H3. The molecule has 0 bridgehead atoms. The number of piperazine rings is 1. The molecule has 0 saturated carbocycles. The molecule has 0 N–H and O–H groups in total. The molecular weight excluding hydrogens is 394 g/mol. The molecule has 0 atom stereocenters. The summed E-state index contributed by atoms with van der Waals surface area (Å²) in [6.45, 7) is 3.79. The van der Waals surface area contributed by atoms with Crippen molar-refractivity contribution in [3.63, 3.8) is 0 Å². The molecule has 152 valence electrons. The van der Waals surface area contributed by atoms with E-state index in [1.165, 1.54) is 21.3 Å². The van der Waals surface area contributed by atoms with Crippen molar-refractivity contribution < 1.29 is 13.2 Å². The summed E-state index contributed by atoms with van der Waals surface area (Å²) in [6.07, 6.45) is 0. The van der Waals surface area contributed by atoms with Gasteiger partial charge in [0.1, 0.15) is 18.2 Å². The zero-order chi connectivity index (χ0) is 21.2. The third-order valence-electron chi connectivity index (χ3n) is 5.01. The van der Waals surface area contributed by atoms with Gasteiger partial charge in [-0.05, 0) is 31.5 Å². The second-order valence-electron chi connectivity index (χ2n) is 6.76. The molecule has 0 aliphatic carbocycles. The lowest BCUT2D eigenvalue weighted by Crippen LogP contribution is -2.51. The Bertz CT molecular complexity index is 1130. The Balaban J connectivity index is 1.70. The zero-order valence-electron chi connectivity index (χ0n) is 16.2. The maximum absolute atomic E-state index is 12.7. The van der Waals surface area contributed by atoms with E-state index < -0.39 is 15.6 Å². The van der Waals surface area contributed by atoms with Crippen LogP contribution in [0.3, 0.4) is 0 Å². The Kier molecular flexibility index (Phi) is 5.81. The quantitative estimate of drug-likeness (QED) is 0.707. The topological polar surface area (TPSA) is 116 Å². The van der Waals surface area contributed by atoms with Crippen molar-refractivity contribution in [2.45, 2.75) is 25.3 Å². The second-order valence-corrected chi connectivity index (χ2v) is 8.70. The summed E-state index contributed by atoms with van der Waals surface area (Å²) in [7, 11) is -3.60. The number of hydrogen-bond donors (Lipinski definition) is 0. The van der Waals surface area contributed by atoms with Crippen molar-refractivity contribution in [1.82, 2.24) is 19.0 Å². The third-order valence-corrected chi connectivity index (χ3v) is 6.92. The summed E-state index contributed by atoms with van der Waals surface area (Å²) in [5, 5.41) is 13.3. The van der Waals surface area contributed by atoms with E-state index in [9.17, 15) is 23.3 Å². The molecule has 1 saturated heterocycles. The van der Waals surface area contributed by atoms with Crippen LogP contribution in [-0.2, 0) is 21.4 Å².